The van der Waals surface area contributed by atoms with Crippen molar-refractivity contribution in [3.8, 4) is 11.3 Å². The van der Waals surface area contributed by atoms with Crippen LogP contribution in [0.25, 0.3) is 11.3 Å². The van der Waals surface area contributed by atoms with Crippen LogP contribution >= 0.6 is 0 Å². The van der Waals surface area contributed by atoms with E-state index in [4.69, 9.17) is 0 Å². The zero-order chi connectivity index (χ0) is 12.3. The molecule has 3 atom stereocenters. The molecule has 0 unspecified atom stereocenters. The highest BCUT2D eigenvalue weighted by atomic mass is 16.3. The first-order chi connectivity index (χ1) is 8.68. The molecular formula is C15H16N2O. The summed E-state index contributed by atoms with van der Waals surface area (Å²) in [6, 6.07) is 8.73. The SMILES string of the molecule is C[C@]1(O)CC[C@@H]1[C@@H]1c2ccccc2-c2cncn21. The van der Waals surface area contributed by atoms with E-state index in [9.17, 15) is 5.11 Å². The molecule has 92 valence electrons. The predicted molar refractivity (Wildman–Crippen MR) is 69.1 cm³/mol. The van der Waals surface area contributed by atoms with Gasteiger partial charge < -0.3 is 9.67 Å². The molecule has 4 rings (SSSR count). The first-order valence-electron chi connectivity index (χ1n) is 6.52. The highest BCUT2D eigenvalue weighted by molar-refractivity contribution is 5.69. The second kappa shape index (κ2) is 3.23. The molecule has 3 nitrogen and oxygen atoms in total. The van der Waals surface area contributed by atoms with E-state index in [0.717, 1.165) is 12.8 Å². The van der Waals surface area contributed by atoms with Gasteiger partial charge in [-0.25, -0.2) is 4.98 Å². The Morgan fingerprint density at radius 2 is 2.22 bits per heavy atom. The lowest BCUT2D eigenvalue weighted by Gasteiger charge is -2.46. The van der Waals surface area contributed by atoms with E-state index < -0.39 is 5.60 Å². The zero-order valence-electron chi connectivity index (χ0n) is 10.4. The van der Waals surface area contributed by atoms with Gasteiger partial charge in [0.2, 0.25) is 0 Å². The molecule has 1 N–H and O–H groups in total. The maximum Gasteiger partial charge on any atom is 0.0956 e. The van der Waals surface area contributed by atoms with Crippen LogP contribution in [0.2, 0.25) is 0 Å². The molecule has 1 fully saturated rings. The summed E-state index contributed by atoms with van der Waals surface area (Å²) < 4.78 is 2.23. The summed E-state index contributed by atoms with van der Waals surface area (Å²) in [5, 5.41) is 10.4. The van der Waals surface area contributed by atoms with Gasteiger partial charge >= 0.3 is 0 Å². The molecule has 2 heterocycles. The Morgan fingerprint density at radius 3 is 2.94 bits per heavy atom. The average molecular weight is 240 g/mol. The average Bonchev–Trinajstić information content (AvgIpc) is 2.92. The first kappa shape index (κ1) is 10.3. The standard InChI is InChI=1S/C15H16N2O/c1-15(18)7-6-12(15)14-11-5-3-2-4-10(11)13-8-16-9-17(13)14/h2-5,8-9,12,14,18H,6-7H2,1H3/t12-,14+,15+/m1/s1. The van der Waals surface area contributed by atoms with Crippen LogP contribution in [-0.2, 0) is 0 Å². The number of hydrogen-bond acceptors (Lipinski definition) is 2. The summed E-state index contributed by atoms with van der Waals surface area (Å²) in [4.78, 5) is 4.26. The summed E-state index contributed by atoms with van der Waals surface area (Å²) in [5.74, 6) is 0.300. The fraction of sp³-hybridized carbons (Fsp3) is 0.400. The lowest BCUT2D eigenvalue weighted by molar-refractivity contribution is -0.0924. The minimum atomic E-state index is -0.538. The van der Waals surface area contributed by atoms with Crippen LogP contribution in [0.15, 0.2) is 36.8 Å². The van der Waals surface area contributed by atoms with Crippen LogP contribution in [0.3, 0.4) is 0 Å². The quantitative estimate of drug-likeness (QED) is 0.832. The third-order valence-corrected chi connectivity index (χ3v) is 4.66. The Kier molecular flexibility index (Phi) is 1.86. The highest BCUT2D eigenvalue weighted by Crippen LogP contribution is 2.52. The Hall–Kier alpha value is -1.61. The molecule has 0 radical (unpaired) electrons. The normalized spacial score (nSPS) is 32.8. The molecule has 0 amide bonds. The van der Waals surface area contributed by atoms with Gasteiger partial charge in [-0.1, -0.05) is 24.3 Å². The summed E-state index contributed by atoms with van der Waals surface area (Å²) in [6.45, 7) is 1.96. The lowest BCUT2D eigenvalue weighted by Crippen LogP contribution is -2.48. The van der Waals surface area contributed by atoms with Crippen LogP contribution in [0, 0.1) is 5.92 Å². The van der Waals surface area contributed by atoms with Crippen LogP contribution in [0.5, 0.6) is 0 Å². The summed E-state index contributed by atoms with van der Waals surface area (Å²) in [6.07, 6.45) is 5.81. The minimum Gasteiger partial charge on any atom is -0.390 e. The Morgan fingerprint density at radius 1 is 1.39 bits per heavy atom. The van der Waals surface area contributed by atoms with E-state index in [2.05, 4.69) is 33.8 Å². The van der Waals surface area contributed by atoms with Gasteiger partial charge in [-0.05, 0) is 25.3 Å². The van der Waals surface area contributed by atoms with Crippen LogP contribution in [-0.4, -0.2) is 20.3 Å². The van der Waals surface area contributed by atoms with Crippen molar-refractivity contribution in [2.75, 3.05) is 0 Å². The van der Waals surface area contributed by atoms with E-state index in [1.165, 1.54) is 16.8 Å². The molecule has 1 saturated carbocycles. The number of benzene rings is 1. The molecule has 3 heteroatoms. The molecule has 0 saturated heterocycles. The summed E-state index contributed by atoms with van der Waals surface area (Å²) in [7, 11) is 0. The van der Waals surface area contributed by atoms with Gasteiger partial charge in [0.05, 0.1) is 29.9 Å². The first-order valence-corrected chi connectivity index (χ1v) is 6.52. The highest BCUT2D eigenvalue weighted by Gasteiger charge is 2.49. The third-order valence-electron chi connectivity index (χ3n) is 4.66. The lowest BCUT2D eigenvalue weighted by atomic mass is 9.65. The summed E-state index contributed by atoms with van der Waals surface area (Å²) in [5.41, 5.74) is 3.24. The maximum absolute atomic E-state index is 10.4. The van der Waals surface area contributed by atoms with Gasteiger partial charge in [0.1, 0.15) is 0 Å². The molecule has 2 aromatic rings. The molecule has 0 spiro atoms. The van der Waals surface area contributed by atoms with E-state index in [0.29, 0.717) is 5.92 Å². The number of nitrogens with zero attached hydrogens (tertiary/aromatic N) is 2. The fourth-order valence-electron chi connectivity index (χ4n) is 3.51. The van der Waals surface area contributed by atoms with Gasteiger partial charge in [-0.15, -0.1) is 0 Å². The van der Waals surface area contributed by atoms with Gasteiger partial charge in [0.25, 0.3) is 0 Å². The van der Waals surface area contributed by atoms with Crippen LogP contribution < -0.4 is 0 Å². The third kappa shape index (κ3) is 1.15. The second-order valence-corrected chi connectivity index (χ2v) is 5.72. The van der Waals surface area contributed by atoms with Gasteiger partial charge in [-0.2, -0.15) is 0 Å². The Bertz CT molecular complexity index is 614. The molecule has 1 aliphatic heterocycles. The number of fused-ring (bicyclic) bond motifs is 3. The van der Waals surface area contributed by atoms with Gasteiger partial charge in [-0.3, -0.25) is 0 Å². The molecule has 2 aliphatic rings. The Balaban J connectivity index is 1.90. The van der Waals surface area contributed by atoms with Crippen molar-refractivity contribution in [2.24, 2.45) is 5.92 Å². The van der Waals surface area contributed by atoms with E-state index in [1.807, 2.05) is 19.4 Å². The van der Waals surface area contributed by atoms with Gasteiger partial charge in [0, 0.05) is 11.5 Å². The topological polar surface area (TPSA) is 38.1 Å². The van der Waals surface area contributed by atoms with Crippen molar-refractivity contribution in [3.05, 3.63) is 42.4 Å². The van der Waals surface area contributed by atoms with Crippen molar-refractivity contribution in [1.82, 2.24) is 9.55 Å². The smallest absolute Gasteiger partial charge is 0.0956 e. The van der Waals surface area contributed by atoms with Crippen molar-refractivity contribution in [3.63, 3.8) is 0 Å². The molecule has 18 heavy (non-hydrogen) atoms. The van der Waals surface area contributed by atoms with E-state index >= 15 is 0 Å². The number of hydrogen-bond donors (Lipinski definition) is 1. The van der Waals surface area contributed by atoms with Crippen molar-refractivity contribution < 1.29 is 5.11 Å². The number of rotatable bonds is 1. The van der Waals surface area contributed by atoms with Crippen molar-refractivity contribution in [2.45, 2.75) is 31.4 Å². The number of aliphatic hydroxyl groups is 1. The Labute approximate surface area is 106 Å². The van der Waals surface area contributed by atoms with Crippen molar-refractivity contribution >= 4 is 0 Å². The number of imidazole rings is 1. The van der Waals surface area contributed by atoms with Crippen molar-refractivity contribution in [1.29, 1.82) is 0 Å². The largest absolute Gasteiger partial charge is 0.390 e. The maximum atomic E-state index is 10.4. The molecule has 1 aliphatic carbocycles. The summed E-state index contributed by atoms with van der Waals surface area (Å²) >= 11 is 0. The van der Waals surface area contributed by atoms with E-state index in [-0.39, 0.29) is 6.04 Å². The molecule has 0 bridgehead atoms. The predicted octanol–water partition coefficient (Wildman–Crippen LogP) is 2.61. The van der Waals surface area contributed by atoms with Crippen LogP contribution in [0.4, 0.5) is 0 Å². The monoisotopic (exact) mass is 240 g/mol. The number of aromatic nitrogens is 2. The van der Waals surface area contributed by atoms with Crippen LogP contribution in [0.1, 0.15) is 31.4 Å². The fourth-order valence-corrected chi connectivity index (χ4v) is 3.51. The van der Waals surface area contributed by atoms with Gasteiger partial charge in [0.15, 0.2) is 0 Å². The minimum absolute atomic E-state index is 0.252. The van der Waals surface area contributed by atoms with E-state index in [1.54, 1.807) is 0 Å². The zero-order valence-corrected chi connectivity index (χ0v) is 10.4. The molecule has 1 aromatic carbocycles. The second-order valence-electron chi connectivity index (χ2n) is 5.72. The molecular weight excluding hydrogens is 224 g/mol. The molecule has 1 aromatic heterocycles.